The summed E-state index contributed by atoms with van der Waals surface area (Å²) in [6, 6.07) is 9.15. The summed E-state index contributed by atoms with van der Waals surface area (Å²) in [6.07, 6.45) is 0. The van der Waals surface area contributed by atoms with Crippen LogP contribution in [0.1, 0.15) is 24.9 Å². The average Bonchev–Trinajstić information content (AvgIpc) is 3.22. The predicted molar refractivity (Wildman–Crippen MR) is 106 cm³/mol. The molecule has 3 N–H and O–H groups in total. The van der Waals surface area contributed by atoms with Crippen LogP contribution >= 0.6 is 11.3 Å². The van der Waals surface area contributed by atoms with Crippen LogP contribution in [-0.4, -0.2) is 58.9 Å². The molecule has 158 valence electrons. The first-order chi connectivity index (χ1) is 13.9. The predicted octanol–water partition coefficient (Wildman–Crippen LogP) is 0.752. The molecule has 0 aliphatic rings. The van der Waals surface area contributed by atoms with Gasteiger partial charge in [0.15, 0.2) is 0 Å². The molecule has 29 heavy (non-hydrogen) atoms. The number of rotatable bonds is 11. The Balaban J connectivity index is 1.87. The molecule has 0 aliphatic carbocycles. The highest BCUT2D eigenvalue weighted by atomic mass is 32.2. The van der Waals surface area contributed by atoms with Crippen molar-refractivity contribution in [3.63, 3.8) is 0 Å². The van der Waals surface area contributed by atoms with E-state index in [2.05, 4.69) is 14.8 Å². The summed E-state index contributed by atoms with van der Waals surface area (Å²) in [5.74, 6) is -0.842. The van der Waals surface area contributed by atoms with E-state index < -0.39 is 16.0 Å². The van der Waals surface area contributed by atoms with Crippen molar-refractivity contribution in [3.8, 4) is 0 Å². The van der Waals surface area contributed by atoms with E-state index in [1.54, 1.807) is 12.1 Å². The van der Waals surface area contributed by atoms with Gasteiger partial charge >= 0.3 is 5.97 Å². The Morgan fingerprint density at radius 2 is 1.76 bits per heavy atom. The van der Waals surface area contributed by atoms with E-state index in [0.29, 0.717) is 15.3 Å². The molecular weight excluding hydrogens is 420 g/mol. The average molecular weight is 443 g/mol. The number of methoxy groups -OCH3 is 1. The molecule has 1 heterocycles. The lowest BCUT2D eigenvalue weighted by atomic mass is 10.2. The second-order valence-electron chi connectivity index (χ2n) is 5.72. The Kier molecular flexibility index (Phi) is 8.73. The van der Waals surface area contributed by atoms with E-state index in [4.69, 9.17) is 9.84 Å². The quantitative estimate of drug-likeness (QED) is 0.346. The molecule has 0 bridgehead atoms. The summed E-state index contributed by atoms with van der Waals surface area (Å²) in [4.78, 5) is 24.4. The maximum absolute atomic E-state index is 12.2. The van der Waals surface area contributed by atoms with E-state index in [1.165, 1.54) is 31.4 Å². The molecule has 0 fully saturated rings. The van der Waals surface area contributed by atoms with Crippen molar-refractivity contribution in [1.29, 1.82) is 0 Å². The van der Waals surface area contributed by atoms with Gasteiger partial charge in [0.2, 0.25) is 10.0 Å². The standard InChI is InChI=1S/C18H22N2O7S2/c1-26-18(23)16-7-6-15(28-16)17(22)19-12-13-2-4-14(5-3-13)29(24,25)20-8-10-27-11-9-21/h2-7,20-21H,8-12H2,1H3,(H,19,22). The minimum atomic E-state index is -3.67. The van der Waals surface area contributed by atoms with Crippen LogP contribution < -0.4 is 10.0 Å². The second-order valence-corrected chi connectivity index (χ2v) is 8.57. The van der Waals surface area contributed by atoms with Gasteiger partial charge in [0, 0.05) is 13.1 Å². The molecule has 1 aromatic heterocycles. The van der Waals surface area contributed by atoms with Gasteiger partial charge in [-0.1, -0.05) is 12.1 Å². The summed E-state index contributed by atoms with van der Waals surface area (Å²) in [5, 5.41) is 11.3. The lowest BCUT2D eigenvalue weighted by Crippen LogP contribution is -2.28. The van der Waals surface area contributed by atoms with E-state index in [-0.39, 0.29) is 43.7 Å². The van der Waals surface area contributed by atoms with Crippen LogP contribution in [-0.2, 0) is 26.0 Å². The topological polar surface area (TPSA) is 131 Å². The summed E-state index contributed by atoms with van der Waals surface area (Å²) >= 11 is 1.03. The van der Waals surface area contributed by atoms with Crippen molar-refractivity contribution in [2.75, 3.05) is 33.5 Å². The number of nitrogens with one attached hydrogen (secondary N) is 2. The number of carbonyl (C=O) groups excluding carboxylic acids is 2. The van der Waals surface area contributed by atoms with E-state index in [0.717, 1.165) is 11.3 Å². The number of sulfonamides is 1. The Morgan fingerprint density at radius 1 is 1.07 bits per heavy atom. The first-order valence-corrected chi connectivity index (χ1v) is 10.9. The highest BCUT2D eigenvalue weighted by Gasteiger charge is 2.15. The summed E-state index contributed by atoms with van der Waals surface area (Å²) < 4.78 is 36.4. The fourth-order valence-electron chi connectivity index (χ4n) is 2.22. The second kappa shape index (κ2) is 11.0. The van der Waals surface area contributed by atoms with Crippen molar-refractivity contribution in [1.82, 2.24) is 10.0 Å². The van der Waals surface area contributed by atoms with Gasteiger partial charge in [-0.15, -0.1) is 11.3 Å². The zero-order chi connectivity index (χ0) is 21.3. The third kappa shape index (κ3) is 6.91. The molecule has 0 unspecified atom stereocenters. The van der Waals surface area contributed by atoms with Crippen molar-refractivity contribution in [3.05, 3.63) is 51.7 Å². The Morgan fingerprint density at radius 3 is 2.41 bits per heavy atom. The van der Waals surface area contributed by atoms with Crippen molar-refractivity contribution in [2.24, 2.45) is 0 Å². The maximum Gasteiger partial charge on any atom is 0.348 e. The lowest BCUT2D eigenvalue weighted by Gasteiger charge is -2.08. The number of hydrogen-bond donors (Lipinski definition) is 3. The molecule has 0 aliphatic heterocycles. The number of aliphatic hydroxyl groups excluding tert-OH is 1. The fraction of sp³-hybridized carbons (Fsp3) is 0.333. The SMILES string of the molecule is COC(=O)c1ccc(C(=O)NCc2ccc(S(=O)(=O)NCCOCCO)cc2)s1. The van der Waals surface area contributed by atoms with E-state index in [9.17, 15) is 18.0 Å². The third-order valence-corrected chi connectivity index (χ3v) is 6.22. The molecular formula is C18H22N2O7S2. The minimum Gasteiger partial charge on any atom is -0.465 e. The fourth-order valence-corrected chi connectivity index (χ4v) is 4.08. The minimum absolute atomic E-state index is 0.0918. The normalized spacial score (nSPS) is 11.2. The number of ether oxygens (including phenoxy) is 2. The van der Waals surface area contributed by atoms with Crippen molar-refractivity contribution in [2.45, 2.75) is 11.4 Å². The molecule has 0 radical (unpaired) electrons. The molecule has 11 heteroatoms. The highest BCUT2D eigenvalue weighted by Crippen LogP contribution is 2.17. The number of hydrogen-bond acceptors (Lipinski definition) is 8. The highest BCUT2D eigenvalue weighted by molar-refractivity contribution is 7.89. The molecule has 9 nitrogen and oxygen atoms in total. The monoisotopic (exact) mass is 442 g/mol. The van der Waals surface area contributed by atoms with Crippen molar-refractivity contribution >= 4 is 33.2 Å². The Hall–Kier alpha value is -2.31. The molecule has 0 saturated carbocycles. The van der Waals surface area contributed by atoms with Gasteiger partial charge in [-0.25, -0.2) is 17.9 Å². The number of aliphatic hydroxyl groups is 1. The van der Waals surface area contributed by atoms with Gasteiger partial charge in [0.05, 0.1) is 36.7 Å². The zero-order valence-electron chi connectivity index (χ0n) is 15.7. The van der Waals surface area contributed by atoms with E-state index in [1.807, 2.05) is 0 Å². The number of esters is 1. The van der Waals surface area contributed by atoms with Crippen LogP contribution in [0.25, 0.3) is 0 Å². The molecule has 0 atom stereocenters. The first-order valence-electron chi connectivity index (χ1n) is 8.61. The number of amides is 1. The smallest absolute Gasteiger partial charge is 0.348 e. The van der Waals surface area contributed by atoms with Crippen LogP contribution in [0, 0.1) is 0 Å². The van der Waals surface area contributed by atoms with Gasteiger partial charge < -0.3 is 19.9 Å². The van der Waals surface area contributed by atoms with Crippen LogP contribution in [0.4, 0.5) is 0 Å². The third-order valence-electron chi connectivity index (χ3n) is 3.68. The van der Waals surface area contributed by atoms with Gasteiger partial charge in [0.25, 0.3) is 5.91 Å². The molecule has 2 aromatic rings. The Labute approximate surface area is 172 Å². The van der Waals surface area contributed by atoms with Gasteiger partial charge in [0.1, 0.15) is 4.88 Å². The van der Waals surface area contributed by atoms with Gasteiger partial charge in [-0.2, -0.15) is 0 Å². The largest absolute Gasteiger partial charge is 0.465 e. The maximum atomic E-state index is 12.2. The van der Waals surface area contributed by atoms with Gasteiger partial charge in [-0.3, -0.25) is 4.79 Å². The molecule has 1 aromatic carbocycles. The summed E-state index contributed by atoms with van der Waals surface area (Å²) in [7, 11) is -2.40. The number of carbonyl (C=O) groups is 2. The van der Waals surface area contributed by atoms with Crippen molar-refractivity contribution < 1.29 is 32.6 Å². The van der Waals surface area contributed by atoms with Crippen LogP contribution in [0.2, 0.25) is 0 Å². The summed E-state index contributed by atoms with van der Waals surface area (Å²) in [5.41, 5.74) is 0.716. The lowest BCUT2D eigenvalue weighted by molar-refractivity contribution is 0.0606. The molecule has 0 saturated heterocycles. The van der Waals surface area contributed by atoms with Crippen LogP contribution in [0.3, 0.4) is 0 Å². The number of benzene rings is 1. The number of thiophene rings is 1. The molecule has 0 spiro atoms. The first kappa shape index (κ1) is 23.0. The molecule has 2 rings (SSSR count). The zero-order valence-corrected chi connectivity index (χ0v) is 17.3. The van der Waals surface area contributed by atoms with Gasteiger partial charge in [-0.05, 0) is 29.8 Å². The van der Waals surface area contributed by atoms with Crippen LogP contribution in [0.15, 0.2) is 41.3 Å². The van der Waals surface area contributed by atoms with E-state index >= 15 is 0 Å². The Bertz CT molecular complexity index is 924. The summed E-state index contributed by atoms with van der Waals surface area (Å²) in [6.45, 7) is 0.479. The molecule has 1 amide bonds. The van der Waals surface area contributed by atoms with Crippen LogP contribution in [0.5, 0.6) is 0 Å².